The topological polar surface area (TPSA) is 38.3 Å². The van der Waals surface area contributed by atoms with Gasteiger partial charge in [0.15, 0.2) is 0 Å². The summed E-state index contributed by atoms with van der Waals surface area (Å²) in [5.74, 6) is 0.161. The molecule has 13 heavy (non-hydrogen) atoms. The summed E-state index contributed by atoms with van der Waals surface area (Å²) >= 11 is 0. The first kappa shape index (κ1) is 12.4. The van der Waals surface area contributed by atoms with Crippen LogP contribution < -0.4 is 5.32 Å². The molecule has 0 fully saturated rings. The van der Waals surface area contributed by atoms with Gasteiger partial charge in [-0.1, -0.05) is 27.7 Å². The van der Waals surface area contributed by atoms with E-state index in [1.165, 1.54) is 7.11 Å². The van der Waals surface area contributed by atoms with Crippen molar-refractivity contribution in [3.8, 4) is 0 Å². The monoisotopic (exact) mass is 187 g/mol. The van der Waals surface area contributed by atoms with Crippen LogP contribution in [0.5, 0.6) is 0 Å². The number of carbonyl (C=O) groups is 1. The van der Waals surface area contributed by atoms with Gasteiger partial charge in [-0.2, -0.15) is 0 Å². The van der Waals surface area contributed by atoms with Crippen LogP contribution in [0.2, 0.25) is 0 Å². The minimum Gasteiger partial charge on any atom is -0.469 e. The van der Waals surface area contributed by atoms with Crippen molar-refractivity contribution >= 4 is 5.97 Å². The molecular weight excluding hydrogens is 166 g/mol. The molecule has 1 unspecified atom stereocenters. The molecule has 0 amide bonds. The van der Waals surface area contributed by atoms with E-state index >= 15 is 0 Å². The zero-order valence-corrected chi connectivity index (χ0v) is 9.26. The molecule has 0 heterocycles. The van der Waals surface area contributed by atoms with Gasteiger partial charge in [0, 0.05) is 12.6 Å². The summed E-state index contributed by atoms with van der Waals surface area (Å²) in [5, 5.41) is 3.24. The number of rotatable bonds is 5. The summed E-state index contributed by atoms with van der Waals surface area (Å²) in [6.45, 7) is 8.89. The van der Waals surface area contributed by atoms with Crippen LogP contribution in [0.25, 0.3) is 0 Å². The van der Waals surface area contributed by atoms with Crippen LogP contribution in [0.15, 0.2) is 0 Å². The van der Waals surface area contributed by atoms with E-state index < -0.39 is 0 Å². The Morgan fingerprint density at radius 2 is 1.85 bits per heavy atom. The van der Waals surface area contributed by atoms with Gasteiger partial charge < -0.3 is 10.1 Å². The Morgan fingerprint density at radius 1 is 1.31 bits per heavy atom. The molecule has 78 valence electrons. The average Bonchev–Trinajstić information content (AvgIpc) is 2.03. The second-order valence-electron chi connectivity index (χ2n) is 3.94. The third-order valence-electron chi connectivity index (χ3n) is 2.05. The molecule has 0 aromatic rings. The van der Waals surface area contributed by atoms with Crippen molar-refractivity contribution in [2.75, 3.05) is 13.7 Å². The van der Waals surface area contributed by atoms with Crippen molar-refractivity contribution in [2.45, 2.75) is 33.7 Å². The molecule has 0 aliphatic heterocycles. The molecule has 0 saturated carbocycles. The molecule has 1 N–H and O–H groups in total. The van der Waals surface area contributed by atoms with Crippen molar-refractivity contribution in [1.29, 1.82) is 0 Å². The highest BCUT2D eigenvalue weighted by atomic mass is 16.5. The maximum absolute atomic E-state index is 11.3. The number of esters is 1. The SMILES string of the molecule is COC(=O)C(CNC(C)C)C(C)C. The van der Waals surface area contributed by atoms with Crippen molar-refractivity contribution in [3.05, 3.63) is 0 Å². The average molecular weight is 187 g/mol. The molecule has 0 aliphatic rings. The third-order valence-corrected chi connectivity index (χ3v) is 2.05. The summed E-state index contributed by atoms with van der Waals surface area (Å²) in [5.41, 5.74) is 0. The highest BCUT2D eigenvalue weighted by molar-refractivity contribution is 5.72. The minimum atomic E-state index is -0.122. The van der Waals surface area contributed by atoms with E-state index in [4.69, 9.17) is 4.74 Å². The summed E-state index contributed by atoms with van der Waals surface area (Å²) in [6.07, 6.45) is 0. The van der Waals surface area contributed by atoms with Gasteiger partial charge >= 0.3 is 5.97 Å². The standard InChI is InChI=1S/C10H21NO2/c1-7(2)9(10(12)13-5)6-11-8(3)4/h7-9,11H,6H2,1-5H3. The summed E-state index contributed by atoms with van der Waals surface area (Å²) < 4.78 is 4.73. The Balaban J connectivity index is 4.03. The Kier molecular flexibility index (Phi) is 5.71. The Morgan fingerprint density at radius 3 is 2.15 bits per heavy atom. The Labute approximate surface area is 80.8 Å². The van der Waals surface area contributed by atoms with Gasteiger partial charge in [-0.05, 0) is 5.92 Å². The number of carbonyl (C=O) groups excluding carboxylic acids is 1. The fraction of sp³-hybridized carbons (Fsp3) is 0.900. The zero-order valence-electron chi connectivity index (χ0n) is 9.26. The molecular formula is C10H21NO2. The van der Waals surface area contributed by atoms with Crippen LogP contribution in [0, 0.1) is 11.8 Å². The van der Waals surface area contributed by atoms with Gasteiger partial charge in [0.05, 0.1) is 13.0 Å². The highest BCUT2D eigenvalue weighted by Crippen LogP contribution is 2.11. The van der Waals surface area contributed by atoms with Crippen LogP contribution in [-0.4, -0.2) is 25.7 Å². The largest absolute Gasteiger partial charge is 0.469 e. The van der Waals surface area contributed by atoms with Gasteiger partial charge in [-0.3, -0.25) is 4.79 Å². The summed E-state index contributed by atoms with van der Waals surface area (Å²) in [6, 6.07) is 0.408. The quantitative estimate of drug-likeness (QED) is 0.662. The van der Waals surface area contributed by atoms with Crippen molar-refractivity contribution in [3.63, 3.8) is 0 Å². The fourth-order valence-corrected chi connectivity index (χ4v) is 1.11. The van der Waals surface area contributed by atoms with Gasteiger partial charge in [0.2, 0.25) is 0 Å². The first-order valence-corrected chi connectivity index (χ1v) is 4.80. The highest BCUT2D eigenvalue weighted by Gasteiger charge is 2.22. The van der Waals surface area contributed by atoms with Crippen LogP contribution >= 0.6 is 0 Å². The summed E-state index contributed by atoms with van der Waals surface area (Å²) in [4.78, 5) is 11.3. The molecule has 0 aromatic heterocycles. The lowest BCUT2D eigenvalue weighted by Crippen LogP contribution is -2.36. The molecule has 1 atom stereocenters. The molecule has 0 saturated heterocycles. The van der Waals surface area contributed by atoms with E-state index in [-0.39, 0.29) is 11.9 Å². The van der Waals surface area contributed by atoms with E-state index in [0.717, 1.165) is 0 Å². The maximum Gasteiger partial charge on any atom is 0.310 e. The minimum absolute atomic E-state index is 0.0348. The molecule has 0 spiro atoms. The predicted molar refractivity (Wildman–Crippen MR) is 53.5 cm³/mol. The smallest absolute Gasteiger partial charge is 0.310 e. The van der Waals surface area contributed by atoms with Crippen molar-refractivity contribution in [2.24, 2.45) is 11.8 Å². The molecule has 3 nitrogen and oxygen atoms in total. The van der Waals surface area contributed by atoms with E-state index in [0.29, 0.717) is 18.5 Å². The normalized spacial score (nSPS) is 13.5. The number of hydrogen-bond donors (Lipinski definition) is 1. The van der Waals surface area contributed by atoms with E-state index in [9.17, 15) is 4.79 Å². The third kappa shape index (κ3) is 4.88. The number of methoxy groups -OCH3 is 1. The maximum atomic E-state index is 11.3. The number of hydrogen-bond acceptors (Lipinski definition) is 3. The van der Waals surface area contributed by atoms with E-state index in [1.807, 2.05) is 13.8 Å². The van der Waals surface area contributed by atoms with Crippen LogP contribution in [0.3, 0.4) is 0 Å². The lowest BCUT2D eigenvalue weighted by molar-refractivity contribution is -0.146. The van der Waals surface area contributed by atoms with Gasteiger partial charge in [0.1, 0.15) is 0 Å². The number of nitrogens with one attached hydrogen (secondary N) is 1. The van der Waals surface area contributed by atoms with Crippen LogP contribution in [0.4, 0.5) is 0 Å². The first-order valence-electron chi connectivity index (χ1n) is 4.80. The van der Waals surface area contributed by atoms with Crippen LogP contribution in [0.1, 0.15) is 27.7 Å². The zero-order chi connectivity index (χ0) is 10.4. The summed E-state index contributed by atoms with van der Waals surface area (Å²) in [7, 11) is 1.44. The molecule has 3 heteroatoms. The van der Waals surface area contributed by atoms with Gasteiger partial charge in [-0.25, -0.2) is 0 Å². The van der Waals surface area contributed by atoms with Crippen molar-refractivity contribution < 1.29 is 9.53 Å². The molecule has 0 rings (SSSR count). The van der Waals surface area contributed by atoms with Gasteiger partial charge in [0.25, 0.3) is 0 Å². The molecule has 0 aromatic carbocycles. The second-order valence-corrected chi connectivity index (χ2v) is 3.94. The predicted octanol–water partition coefficient (Wildman–Crippen LogP) is 1.43. The lowest BCUT2D eigenvalue weighted by atomic mass is 9.96. The van der Waals surface area contributed by atoms with Gasteiger partial charge in [-0.15, -0.1) is 0 Å². The Hall–Kier alpha value is -0.570. The first-order chi connectivity index (χ1) is 5.99. The number of ether oxygens (including phenoxy) is 1. The van der Waals surface area contributed by atoms with Crippen LogP contribution in [-0.2, 0) is 9.53 Å². The molecule has 0 radical (unpaired) electrons. The fourth-order valence-electron chi connectivity index (χ4n) is 1.11. The molecule has 0 aliphatic carbocycles. The van der Waals surface area contributed by atoms with E-state index in [2.05, 4.69) is 19.2 Å². The second kappa shape index (κ2) is 5.97. The molecule has 0 bridgehead atoms. The Bertz CT molecular complexity index is 155. The lowest BCUT2D eigenvalue weighted by Gasteiger charge is -2.20. The van der Waals surface area contributed by atoms with E-state index in [1.54, 1.807) is 0 Å². The van der Waals surface area contributed by atoms with Crippen molar-refractivity contribution in [1.82, 2.24) is 5.32 Å².